The highest BCUT2D eigenvalue weighted by Gasteiger charge is 2.36. The van der Waals surface area contributed by atoms with Crippen molar-refractivity contribution in [3.05, 3.63) is 18.0 Å². The van der Waals surface area contributed by atoms with E-state index in [2.05, 4.69) is 17.2 Å². The summed E-state index contributed by atoms with van der Waals surface area (Å²) in [5, 5.41) is 2.75. The highest BCUT2D eigenvalue weighted by atomic mass is 16.6. The fourth-order valence-corrected chi connectivity index (χ4v) is 5.39. The van der Waals surface area contributed by atoms with E-state index in [4.69, 9.17) is 18.9 Å². The molecule has 1 amide bonds. The highest BCUT2D eigenvalue weighted by Crippen LogP contribution is 2.36. The van der Waals surface area contributed by atoms with Crippen LogP contribution in [0.15, 0.2) is 12.3 Å². The van der Waals surface area contributed by atoms with Gasteiger partial charge in [-0.3, -0.25) is 9.59 Å². The zero-order valence-corrected chi connectivity index (χ0v) is 21.9. The number of rotatable bonds is 9. The Balaban J connectivity index is 1.76. The SMILES string of the molecule is CCCOC1C(CC2CCCC2)CCCC(NC(=O)c2nccc(OC)c2OC(C)=O)C(=O)OC1C. The summed E-state index contributed by atoms with van der Waals surface area (Å²) in [5.74, 6) is -0.647. The van der Waals surface area contributed by atoms with Gasteiger partial charge in [0.05, 0.1) is 13.2 Å². The minimum atomic E-state index is -0.852. The Labute approximate surface area is 213 Å². The van der Waals surface area contributed by atoms with Gasteiger partial charge < -0.3 is 24.3 Å². The summed E-state index contributed by atoms with van der Waals surface area (Å²) in [6, 6.07) is 0.640. The van der Waals surface area contributed by atoms with Crippen molar-refractivity contribution in [2.24, 2.45) is 11.8 Å². The van der Waals surface area contributed by atoms with Crippen molar-refractivity contribution in [1.29, 1.82) is 0 Å². The first kappa shape index (κ1) is 27.9. The van der Waals surface area contributed by atoms with Gasteiger partial charge in [0.15, 0.2) is 11.4 Å². The van der Waals surface area contributed by atoms with Crippen LogP contribution in [0.1, 0.15) is 89.0 Å². The van der Waals surface area contributed by atoms with Gasteiger partial charge in [-0.15, -0.1) is 0 Å². The van der Waals surface area contributed by atoms with Crippen molar-refractivity contribution in [2.45, 2.75) is 96.8 Å². The van der Waals surface area contributed by atoms with Crippen LogP contribution in [0.4, 0.5) is 0 Å². The van der Waals surface area contributed by atoms with Gasteiger partial charge >= 0.3 is 11.9 Å². The molecule has 4 unspecified atom stereocenters. The van der Waals surface area contributed by atoms with Gasteiger partial charge in [-0.05, 0) is 44.4 Å². The average molecular weight is 505 g/mol. The van der Waals surface area contributed by atoms with Crippen LogP contribution in [0, 0.1) is 11.8 Å². The summed E-state index contributed by atoms with van der Waals surface area (Å²) >= 11 is 0. The standard InChI is InChI=1S/C27H40N2O7/c1-5-15-34-24-17(2)35-27(32)21(12-8-11-20(24)16-19-9-6-7-10-19)29-26(31)23-25(36-18(3)30)22(33-4)13-14-28-23/h13-14,17,19-21,24H,5-12,15-16H2,1-4H3,(H,29,31). The summed E-state index contributed by atoms with van der Waals surface area (Å²) in [4.78, 5) is 41.9. The number of carbonyl (C=O) groups is 3. The topological polar surface area (TPSA) is 113 Å². The lowest BCUT2D eigenvalue weighted by molar-refractivity contribution is -0.161. The molecular formula is C27H40N2O7. The molecule has 1 aromatic rings. The number of hydrogen-bond acceptors (Lipinski definition) is 8. The Hall–Kier alpha value is -2.68. The molecule has 0 bridgehead atoms. The van der Waals surface area contributed by atoms with E-state index >= 15 is 0 Å². The van der Waals surface area contributed by atoms with Gasteiger partial charge in [0.25, 0.3) is 5.91 Å². The molecule has 0 spiro atoms. The molecule has 1 N–H and O–H groups in total. The van der Waals surface area contributed by atoms with Crippen LogP contribution in [-0.2, 0) is 19.1 Å². The molecular weight excluding hydrogens is 464 g/mol. The fourth-order valence-electron chi connectivity index (χ4n) is 5.39. The number of esters is 2. The van der Waals surface area contributed by atoms with Crippen LogP contribution in [0.3, 0.4) is 0 Å². The first-order valence-corrected chi connectivity index (χ1v) is 13.2. The fraction of sp³-hybridized carbons (Fsp3) is 0.704. The molecule has 1 aromatic heterocycles. The maximum absolute atomic E-state index is 13.1. The van der Waals surface area contributed by atoms with Crippen LogP contribution in [0.25, 0.3) is 0 Å². The summed E-state index contributed by atoms with van der Waals surface area (Å²) in [6.45, 7) is 5.80. The second-order valence-electron chi connectivity index (χ2n) is 9.87. The van der Waals surface area contributed by atoms with E-state index in [0.717, 1.165) is 25.7 Å². The van der Waals surface area contributed by atoms with Crippen LogP contribution < -0.4 is 14.8 Å². The molecule has 2 heterocycles. The van der Waals surface area contributed by atoms with E-state index in [1.807, 2.05) is 6.92 Å². The minimum Gasteiger partial charge on any atom is -0.493 e. The van der Waals surface area contributed by atoms with Gasteiger partial charge in [0.1, 0.15) is 12.1 Å². The lowest BCUT2D eigenvalue weighted by Gasteiger charge is -2.32. The number of ether oxygens (including phenoxy) is 4. The predicted molar refractivity (Wildman–Crippen MR) is 133 cm³/mol. The van der Waals surface area contributed by atoms with Crippen molar-refractivity contribution >= 4 is 17.8 Å². The highest BCUT2D eigenvalue weighted by molar-refractivity contribution is 5.98. The van der Waals surface area contributed by atoms with E-state index in [-0.39, 0.29) is 23.3 Å². The normalized spacial score (nSPS) is 25.3. The summed E-state index contributed by atoms with van der Waals surface area (Å²) in [6.07, 6.45) is 9.90. The molecule has 1 aliphatic heterocycles. The van der Waals surface area contributed by atoms with E-state index in [0.29, 0.717) is 24.9 Å². The van der Waals surface area contributed by atoms with Gasteiger partial charge in [0, 0.05) is 25.8 Å². The maximum Gasteiger partial charge on any atom is 0.329 e. The van der Waals surface area contributed by atoms with E-state index < -0.39 is 30.0 Å². The van der Waals surface area contributed by atoms with Gasteiger partial charge in [-0.2, -0.15) is 0 Å². The summed E-state index contributed by atoms with van der Waals surface area (Å²) in [5.41, 5.74) is -0.131. The first-order valence-electron chi connectivity index (χ1n) is 13.2. The quantitative estimate of drug-likeness (QED) is 0.498. The number of nitrogens with one attached hydrogen (secondary N) is 1. The van der Waals surface area contributed by atoms with E-state index in [9.17, 15) is 14.4 Å². The molecule has 2 fully saturated rings. The molecule has 200 valence electrons. The number of hydrogen-bond donors (Lipinski definition) is 1. The monoisotopic (exact) mass is 504 g/mol. The number of pyridine rings is 1. The summed E-state index contributed by atoms with van der Waals surface area (Å²) < 4.78 is 22.5. The molecule has 4 atom stereocenters. The zero-order valence-electron chi connectivity index (χ0n) is 21.9. The second-order valence-corrected chi connectivity index (χ2v) is 9.87. The average Bonchev–Trinajstić information content (AvgIpc) is 3.36. The van der Waals surface area contributed by atoms with Crippen molar-refractivity contribution < 1.29 is 33.3 Å². The van der Waals surface area contributed by atoms with Crippen molar-refractivity contribution in [3.8, 4) is 11.5 Å². The molecule has 1 saturated carbocycles. The molecule has 9 heteroatoms. The Bertz CT molecular complexity index is 900. The third-order valence-corrected chi connectivity index (χ3v) is 7.06. The Kier molecular flexibility index (Phi) is 10.5. The zero-order chi connectivity index (χ0) is 26.1. The Morgan fingerprint density at radius 3 is 2.58 bits per heavy atom. The molecule has 1 aliphatic carbocycles. The minimum absolute atomic E-state index is 0.0838. The van der Waals surface area contributed by atoms with Crippen molar-refractivity contribution in [1.82, 2.24) is 10.3 Å². The van der Waals surface area contributed by atoms with E-state index in [1.165, 1.54) is 52.0 Å². The number of methoxy groups -OCH3 is 1. The molecule has 36 heavy (non-hydrogen) atoms. The molecule has 3 rings (SSSR count). The Morgan fingerprint density at radius 2 is 1.92 bits per heavy atom. The summed E-state index contributed by atoms with van der Waals surface area (Å²) in [7, 11) is 1.40. The van der Waals surface area contributed by atoms with Crippen LogP contribution in [-0.4, -0.2) is 54.8 Å². The molecule has 9 nitrogen and oxygen atoms in total. The van der Waals surface area contributed by atoms with Crippen LogP contribution in [0.2, 0.25) is 0 Å². The van der Waals surface area contributed by atoms with Gasteiger partial charge in [0.2, 0.25) is 5.75 Å². The molecule has 1 saturated heterocycles. The van der Waals surface area contributed by atoms with Crippen molar-refractivity contribution in [2.75, 3.05) is 13.7 Å². The lowest BCUT2D eigenvalue weighted by Crippen LogP contribution is -2.44. The number of carbonyl (C=O) groups excluding carboxylic acids is 3. The third kappa shape index (κ3) is 7.41. The van der Waals surface area contributed by atoms with Crippen LogP contribution >= 0.6 is 0 Å². The smallest absolute Gasteiger partial charge is 0.329 e. The van der Waals surface area contributed by atoms with Gasteiger partial charge in [-0.25, -0.2) is 9.78 Å². The van der Waals surface area contributed by atoms with Gasteiger partial charge in [-0.1, -0.05) is 39.0 Å². The maximum atomic E-state index is 13.1. The largest absolute Gasteiger partial charge is 0.493 e. The lowest BCUT2D eigenvalue weighted by atomic mass is 9.83. The molecule has 0 radical (unpaired) electrons. The molecule has 0 aromatic carbocycles. The first-order chi connectivity index (χ1) is 17.3. The number of amides is 1. The molecule has 2 aliphatic rings. The number of cyclic esters (lactones) is 1. The number of aromatic nitrogens is 1. The number of nitrogens with zero attached hydrogens (tertiary/aromatic N) is 1. The second kappa shape index (κ2) is 13.6. The Morgan fingerprint density at radius 1 is 1.17 bits per heavy atom. The predicted octanol–water partition coefficient (Wildman–Crippen LogP) is 4.22. The van der Waals surface area contributed by atoms with E-state index in [1.54, 1.807) is 0 Å². The third-order valence-electron chi connectivity index (χ3n) is 7.06. The van der Waals surface area contributed by atoms with Crippen LogP contribution in [0.5, 0.6) is 11.5 Å². The van der Waals surface area contributed by atoms with Crippen molar-refractivity contribution in [3.63, 3.8) is 0 Å².